The molecule has 23 heavy (non-hydrogen) atoms. The van der Waals surface area contributed by atoms with Gasteiger partial charge in [-0.25, -0.2) is 0 Å². The molecule has 0 spiro atoms. The Hall–Kier alpha value is 3.84. The first-order valence-electron chi connectivity index (χ1n) is 7.49. The van der Waals surface area contributed by atoms with Crippen molar-refractivity contribution in [3.63, 3.8) is 0 Å². The van der Waals surface area contributed by atoms with Crippen LogP contribution in [0.15, 0.2) is 0 Å². The van der Waals surface area contributed by atoms with Crippen LogP contribution in [0.25, 0.3) is 0 Å². The molecule has 0 saturated carbocycles. The van der Waals surface area contributed by atoms with Crippen LogP contribution in [0.3, 0.4) is 0 Å². The van der Waals surface area contributed by atoms with E-state index in [1.807, 2.05) is 0 Å². The van der Waals surface area contributed by atoms with Crippen LogP contribution in [0.1, 0.15) is 65.2 Å². The average Bonchev–Trinajstić information content (AvgIpc) is 2.39. The summed E-state index contributed by atoms with van der Waals surface area (Å²) in [7, 11) is 9.63. The Labute approximate surface area is 188 Å². The summed E-state index contributed by atoms with van der Waals surface area (Å²) >= 11 is 34.0. The van der Waals surface area contributed by atoms with E-state index in [2.05, 4.69) is 13.8 Å². The summed E-state index contributed by atoms with van der Waals surface area (Å²) < 4.78 is 0. The predicted octanol–water partition coefficient (Wildman–Crippen LogP) is 10.9. The van der Waals surface area contributed by atoms with Crippen LogP contribution in [0, 0.1) is 0 Å². The maximum absolute atomic E-state index is 5.68. The quantitative estimate of drug-likeness (QED) is 0.129. The molecule has 0 unspecified atom stereocenters. The molecule has 0 aromatic heterocycles. The van der Waals surface area contributed by atoms with Gasteiger partial charge in [0.15, 0.2) is 0 Å². The molecule has 0 amide bonds. The Morgan fingerprint density at radius 3 is 1.00 bits per heavy atom. The van der Waals surface area contributed by atoms with Crippen molar-refractivity contribution in [2.24, 2.45) is 0 Å². The number of halogens is 8. The Kier molecular flexibility index (Phi) is 30.3. The van der Waals surface area contributed by atoms with Crippen molar-refractivity contribution in [3.8, 4) is 0 Å². The molecule has 0 aliphatic heterocycles. The van der Waals surface area contributed by atoms with Crippen molar-refractivity contribution < 1.29 is 15.9 Å². The Morgan fingerprint density at radius 1 is 0.565 bits per heavy atom. The summed E-state index contributed by atoms with van der Waals surface area (Å²) in [5, 5.41) is -4.58. The molecule has 0 nitrogen and oxygen atoms in total. The van der Waals surface area contributed by atoms with Crippen molar-refractivity contribution in [1.29, 1.82) is 0 Å². The minimum absolute atomic E-state index is 0.106. The summed E-state index contributed by atoms with van der Waals surface area (Å²) in [5.41, 5.74) is 0. The third-order valence-corrected chi connectivity index (χ3v) is 7.87. The van der Waals surface area contributed by atoms with Crippen LogP contribution in [0.4, 0.5) is 0 Å². The summed E-state index contributed by atoms with van der Waals surface area (Å²) in [4.78, 5) is 0. The molecule has 11 heteroatoms. The van der Waals surface area contributed by atoms with E-state index in [0.717, 1.165) is 25.2 Å². The molecule has 0 fully saturated rings. The van der Waals surface area contributed by atoms with Crippen molar-refractivity contribution in [2.75, 3.05) is 12.3 Å². The van der Waals surface area contributed by atoms with Gasteiger partial charge in [-0.2, -0.15) is 0 Å². The number of hydrogen-bond donors (Lipinski definition) is 0. The van der Waals surface area contributed by atoms with Gasteiger partial charge in [0.1, 0.15) is 0 Å². The second-order valence-electron chi connectivity index (χ2n) is 4.90. The van der Waals surface area contributed by atoms with E-state index in [0.29, 0.717) is 0 Å². The maximum atomic E-state index is 5.68. The topological polar surface area (TPSA) is 0 Å². The van der Waals surface area contributed by atoms with Crippen LogP contribution in [0.5, 0.6) is 0 Å². The molecule has 0 aliphatic carbocycles. The van der Waals surface area contributed by atoms with Crippen LogP contribution < -0.4 is 0 Å². The summed E-state index contributed by atoms with van der Waals surface area (Å²) in [6.45, 7) is 4.35. The van der Waals surface area contributed by atoms with Gasteiger partial charge in [0.25, 0.3) is 0 Å². The molecule has 0 heterocycles. The van der Waals surface area contributed by atoms with Gasteiger partial charge in [-0.1, -0.05) is 0 Å². The summed E-state index contributed by atoms with van der Waals surface area (Å²) in [6, 6.07) is 0. The monoisotopic (exact) mass is 620 g/mol. The van der Waals surface area contributed by atoms with E-state index >= 15 is 0 Å². The standard InChI is InChI=1S/2C6H14Cl3P.2ClH.Pd/c2*1-2-3-4-5-6-10(7,8)9;;;/h2*10H,2-6H2,1H3;2*1H;/q;;;;+2/p-2. The summed E-state index contributed by atoms with van der Waals surface area (Å²) in [6.07, 6.45) is 11.2. The zero-order valence-corrected chi connectivity index (χ0v) is 23.0. The predicted molar refractivity (Wildman–Crippen MR) is 121 cm³/mol. The first-order chi connectivity index (χ1) is 10.5. The molecule has 152 valence electrons. The van der Waals surface area contributed by atoms with E-state index in [1.54, 1.807) is 0 Å². The van der Waals surface area contributed by atoms with Crippen molar-refractivity contribution in [2.45, 2.75) is 65.2 Å². The Balaban J connectivity index is -0.000000297. The van der Waals surface area contributed by atoms with Gasteiger partial charge in [-0.15, -0.1) is 0 Å². The fourth-order valence-electron chi connectivity index (χ4n) is 1.50. The van der Waals surface area contributed by atoms with E-state index in [1.165, 1.54) is 38.5 Å². The SMILES string of the molecule is CCCCCC[PH](Cl)(Cl)Cl.CCCCCC[PH](Cl)(Cl)Cl.[Cl][Pd][Cl]. The summed E-state index contributed by atoms with van der Waals surface area (Å²) in [5.74, 6) is 0. The van der Waals surface area contributed by atoms with Crippen LogP contribution in [0.2, 0.25) is 0 Å². The average molecular weight is 624 g/mol. The van der Waals surface area contributed by atoms with Gasteiger partial charge in [0.05, 0.1) is 0 Å². The van der Waals surface area contributed by atoms with Crippen molar-refractivity contribution in [1.82, 2.24) is 0 Å². The van der Waals surface area contributed by atoms with E-state index in [4.69, 9.17) is 86.5 Å². The third-order valence-electron chi connectivity index (χ3n) is 2.63. The number of rotatable bonds is 10. The fourth-order valence-corrected chi connectivity index (χ4v) is 5.21. The molecule has 0 aliphatic rings. The van der Waals surface area contributed by atoms with E-state index in [-0.39, 0.29) is 15.9 Å². The van der Waals surface area contributed by atoms with Crippen molar-refractivity contribution >= 4 is 97.1 Å². The molecule has 0 N–H and O–H groups in total. The van der Waals surface area contributed by atoms with E-state index in [9.17, 15) is 0 Å². The van der Waals surface area contributed by atoms with Gasteiger partial charge in [0.2, 0.25) is 0 Å². The molecular formula is C12H28Cl8P2Pd. The molecular weight excluding hydrogens is 596 g/mol. The molecule has 0 bridgehead atoms. The zero-order valence-electron chi connectivity index (χ0n) is 13.4. The van der Waals surface area contributed by atoms with Crippen molar-refractivity contribution in [3.05, 3.63) is 0 Å². The number of unbranched alkanes of at least 4 members (excludes halogenated alkanes) is 6. The van der Waals surface area contributed by atoms with Gasteiger partial charge in [-0.05, 0) is 0 Å². The first kappa shape index (κ1) is 31.5. The third kappa shape index (κ3) is 46.1. The Bertz CT molecular complexity index is 202. The zero-order chi connectivity index (χ0) is 18.8. The molecule has 0 aromatic rings. The molecule has 0 saturated heterocycles. The second-order valence-corrected chi connectivity index (χ2v) is 25.8. The first-order valence-corrected chi connectivity index (χ1v) is 22.0. The molecule has 0 rings (SSSR count). The van der Waals surface area contributed by atoms with Crippen LogP contribution in [-0.2, 0) is 15.9 Å². The fraction of sp³-hybridized carbons (Fsp3) is 1.00. The molecule has 0 radical (unpaired) electrons. The van der Waals surface area contributed by atoms with Gasteiger partial charge in [-0.3, -0.25) is 0 Å². The number of hydrogen-bond acceptors (Lipinski definition) is 0. The van der Waals surface area contributed by atoms with E-state index < -0.39 is 10.6 Å². The van der Waals surface area contributed by atoms with Gasteiger partial charge < -0.3 is 0 Å². The second kappa shape index (κ2) is 22.1. The van der Waals surface area contributed by atoms with Crippen LogP contribution in [-0.4, -0.2) is 12.3 Å². The minimum atomic E-state index is -2.29. The Morgan fingerprint density at radius 2 is 0.826 bits per heavy atom. The van der Waals surface area contributed by atoms with Crippen LogP contribution >= 0.6 is 97.1 Å². The molecule has 0 aromatic carbocycles. The molecule has 0 atom stereocenters. The normalized spacial score (nSPS) is 12.8. The van der Waals surface area contributed by atoms with Gasteiger partial charge in [0, 0.05) is 0 Å². The van der Waals surface area contributed by atoms with Gasteiger partial charge >= 0.3 is 191 Å².